The first kappa shape index (κ1) is 18.0. The van der Waals surface area contributed by atoms with E-state index in [1.165, 1.54) is 7.11 Å². The zero-order valence-electron chi connectivity index (χ0n) is 15.8. The monoisotopic (exact) mass is 375 g/mol. The Kier molecular flexibility index (Phi) is 4.74. The summed E-state index contributed by atoms with van der Waals surface area (Å²) in [5, 5.41) is 4.80. The van der Waals surface area contributed by atoms with Crippen LogP contribution in [-0.2, 0) is 9.53 Å². The summed E-state index contributed by atoms with van der Waals surface area (Å²) in [6, 6.07) is 19.1. The van der Waals surface area contributed by atoms with Gasteiger partial charge in [0.05, 0.1) is 25.5 Å². The molecule has 0 radical (unpaired) electrons. The van der Waals surface area contributed by atoms with Gasteiger partial charge in [-0.3, -0.25) is 4.79 Å². The minimum atomic E-state index is -0.471. The van der Waals surface area contributed by atoms with Crippen LogP contribution in [0.2, 0.25) is 0 Å². The molecular formula is C23H21NO4. The molecular weight excluding hydrogens is 354 g/mol. The molecule has 3 aromatic rings. The maximum Gasteiger partial charge on any atom is 0.339 e. The van der Waals surface area contributed by atoms with Gasteiger partial charge in [-0.15, -0.1) is 0 Å². The van der Waals surface area contributed by atoms with E-state index in [1.54, 1.807) is 13.2 Å². The Bertz CT molecular complexity index is 1060. The van der Waals surface area contributed by atoms with Crippen molar-refractivity contribution in [3.63, 3.8) is 0 Å². The lowest BCUT2D eigenvalue weighted by Gasteiger charge is -2.12. The average Bonchev–Trinajstić information content (AvgIpc) is 3.54. The van der Waals surface area contributed by atoms with Crippen molar-refractivity contribution in [1.82, 2.24) is 0 Å². The van der Waals surface area contributed by atoms with E-state index in [0.29, 0.717) is 11.3 Å². The Morgan fingerprint density at radius 2 is 1.71 bits per heavy atom. The molecule has 1 amide bonds. The minimum Gasteiger partial charge on any atom is -0.497 e. The van der Waals surface area contributed by atoms with Crippen LogP contribution in [0.1, 0.15) is 28.3 Å². The van der Waals surface area contributed by atoms with Crippen molar-refractivity contribution in [2.24, 2.45) is 5.92 Å². The fourth-order valence-corrected chi connectivity index (χ4v) is 3.57. The van der Waals surface area contributed by atoms with Crippen LogP contribution in [0, 0.1) is 5.92 Å². The molecule has 0 bridgehead atoms. The maximum atomic E-state index is 12.8. The van der Waals surface area contributed by atoms with Crippen molar-refractivity contribution in [3.05, 3.63) is 71.8 Å². The zero-order chi connectivity index (χ0) is 19.7. The number of methoxy groups -OCH3 is 2. The van der Waals surface area contributed by atoms with Gasteiger partial charge in [0.25, 0.3) is 0 Å². The third kappa shape index (κ3) is 3.43. The van der Waals surface area contributed by atoms with Gasteiger partial charge in [-0.2, -0.15) is 0 Å². The molecule has 0 aromatic heterocycles. The quantitative estimate of drug-likeness (QED) is 0.672. The second-order valence-electron chi connectivity index (χ2n) is 6.95. The molecule has 28 heavy (non-hydrogen) atoms. The van der Waals surface area contributed by atoms with Crippen molar-refractivity contribution in [3.8, 4) is 5.75 Å². The fraction of sp³-hybridized carbons (Fsp3) is 0.217. The van der Waals surface area contributed by atoms with Gasteiger partial charge in [-0.25, -0.2) is 4.79 Å². The van der Waals surface area contributed by atoms with Crippen molar-refractivity contribution in [2.75, 3.05) is 19.5 Å². The Balaban J connectivity index is 1.57. The lowest BCUT2D eigenvalue weighted by molar-refractivity contribution is -0.117. The summed E-state index contributed by atoms with van der Waals surface area (Å²) in [5.74, 6) is 0.265. The molecule has 1 fully saturated rings. The van der Waals surface area contributed by atoms with Gasteiger partial charge in [-0.1, -0.05) is 36.4 Å². The van der Waals surface area contributed by atoms with E-state index in [-0.39, 0.29) is 17.7 Å². The number of esters is 1. The normalized spacial score (nSPS) is 17.8. The molecule has 142 valence electrons. The SMILES string of the molecule is COC(=O)c1cc2ccccc2cc1NC(=O)C1CC1c1cccc(OC)c1. The molecule has 4 rings (SSSR count). The van der Waals surface area contributed by atoms with Crippen LogP contribution in [-0.4, -0.2) is 26.1 Å². The number of rotatable bonds is 5. The molecule has 0 saturated heterocycles. The fourth-order valence-electron chi connectivity index (χ4n) is 3.57. The van der Waals surface area contributed by atoms with Gasteiger partial charge in [0, 0.05) is 5.92 Å². The zero-order valence-corrected chi connectivity index (χ0v) is 15.8. The van der Waals surface area contributed by atoms with E-state index in [0.717, 1.165) is 28.5 Å². The molecule has 2 atom stereocenters. The third-order valence-corrected chi connectivity index (χ3v) is 5.20. The Labute approximate surface area is 163 Å². The Morgan fingerprint density at radius 1 is 0.964 bits per heavy atom. The number of hydrogen-bond donors (Lipinski definition) is 1. The van der Waals surface area contributed by atoms with Crippen LogP contribution < -0.4 is 10.1 Å². The molecule has 1 saturated carbocycles. The number of carbonyl (C=O) groups is 2. The summed E-state index contributed by atoms with van der Waals surface area (Å²) >= 11 is 0. The minimum absolute atomic E-state index is 0.0896. The van der Waals surface area contributed by atoms with E-state index in [1.807, 2.05) is 54.6 Å². The summed E-state index contributed by atoms with van der Waals surface area (Å²) in [7, 11) is 2.97. The standard InChI is InChI=1S/C23H21NO4/c1-27-17-9-5-8-16(10-17)18-13-19(18)22(25)24-21-12-15-7-4-3-6-14(15)11-20(21)23(26)28-2/h3-12,18-19H,13H2,1-2H3,(H,24,25). The number of nitrogens with one attached hydrogen (secondary N) is 1. The molecule has 1 aliphatic carbocycles. The first-order valence-electron chi connectivity index (χ1n) is 9.16. The topological polar surface area (TPSA) is 64.6 Å². The van der Waals surface area contributed by atoms with E-state index < -0.39 is 5.97 Å². The highest BCUT2D eigenvalue weighted by atomic mass is 16.5. The Morgan fingerprint density at radius 3 is 2.43 bits per heavy atom. The van der Waals surface area contributed by atoms with Crippen molar-refractivity contribution < 1.29 is 19.1 Å². The number of fused-ring (bicyclic) bond motifs is 1. The maximum absolute atomic E-state index is 12.8. The van der Waals surface area contributed by atoms with Crippen molar-refractivity contribution in [2.45, 2.75) is 12.3 Å². The van der Waals surface area contributed by atoms with Gasteiger partial charge >= 0.3 is 5.97 Å². The average molecular weight is 375 g/mol. The number of carbonyl (C=O) groups excluding carboxylic acids is 2. The van der Waals surface area contributed by atoms with Gasteiger partial charge in [0.1, 0.15) is 5.75 Å². The Hall–Kier alpha value is -3.34. The molecule has 0 heterocycles. The summed E-state index contributed by atoms with van der Waals surface area (Å²) < 4.78 is 10.2. The molecule has 0 aliphatic heterocycles. The molecule has 3 aromatic carbocycles. The number of ether oxygens (including phenoxy) is 2. The van der Waals surface area contributed by atoms with Crippen LogP contribution in [0.15, 0.2) is 60.7 Å². The van der Waals surface area contributed by atoms with Crippen molar-refractivity contribution in [1.29, 1.82) is 0 Å². The third-order valence-electron chi connectivity index (χ3n) is 5.20. The summed E-state index contributed by atoms with van der Waals surface area (Å²) in [6.45, 7) is 0. The first-order chi connectivity index (χ1) is 13.6. The number of benzene rings is 3. The molecule has 0 spiro atoms. The lowest BCUT2D eigenvalue weighted by atomic mass is 10.0. The predicted octanol–water partition coefficient (Wildman–Crippen LogP) is 4.38. The number of amides is 1. The lowest BCUT2D eigenvalue weighted by Crippen LogP contribution is -2.17. The number of hydrogen-bond acceptors (Lipinski definition) is 4. The highest BCUT2D eigenvalue weighted by Crippen LogP contribution is 2.48. The summed E-state index contributed by atoms with van der Waals surface area (Å²) in [6.07, 6.45) is 0.778. The van der Waals surface area contributed by atoms with Crippen LogP contribution in [0.3, 0.4) is 0 Å². The second-order valence-corrected chi connectivity index (χ2v) is 6.95. The van der Waals surface area contributed by atoms with Crippen LogP contribution in [0.4, 0.5) is 5.69 Å². The van der Waals surface area contributed by atoms with Crippen LogP contribution in [0.25, 0.3) is 10.8 Å². The van der Waals surface area contributed by atoms with Gasteiger partial charge in [-0.05, 0) is 52.9 Å². The van der Waals surface area contributed by atoms with Gasteiger partial charge in [0.15, 0.2) is 0 Å². The van der Waals surface area contributed by atoms with E-state index in [9.17, 15) is 9.59 Å². The van der Waals surface area contributed by atoms with Gasteiger partial charge < -0.3 is 14.8 Å². The van der Waals surface area contributed by atoms with Crippen molar-refractivity contribution >= 4 is 28.3 Å². The molecule has 5 heteroatoms. The van der Waals surface area contributed by atoms with Gasteiger partial charge in [0.2, 0.25) is 5.91 Å². The molecule has 2 unspecified atom stereocenters. The smallest absolute Gasteiger partial charge is 0.339 e. The summed E-state index contributed by atoms with van der Waals surface area (Å²) in [5.41, 5.74) is 1.92. The highest BCUT2D eigenvalue weighted by Gasteiger charge is 2.44. The van der Waals surface area contributed by atoms with E-state index >= 15 is 0 Å². The van der Waals surface area contributed by atoms with E-state index in [2.05, 4.69) is 5.32 Å². The summed E-state index contributed by atoms with van der Waals surface area (Å²) in [4.78, 5) is 25.0. The molecule has 1 N–H and O–H groups in total. The first-order valence-corrected chi connectivity index (χ1v) is 9.16. The van der Waals surface area contributed by atoms with Crippen LogP contribution in [0.5, 0.6) is 5.75 Å². The molecule has 5 nitrogen and oxygen atoms in total. The number of anilines is 1. The molecule has 1 aliphatic rings. The second kappa shape index (κ2) is 7.35. The largest absolute Gasteiger partial charge is 0.497 e. The van der Waals surface area contributed by atoms with Crippen LogP contribution >= 0.6 is 0 Å². The predicted molar refractivity (Wildman–Crippen MR) is 108 cm³/mol. The van der Waals surface area contributed by atoms with E-state index in [4.69, 9.17) is 9.47 Å². The highest BCUT2D eigenvalue weighted by molar-refractivity contribution is 6.06.